The molecule has 1 amide bonds. The maximum Gasteiger partial charge on any atom is 0.243 e. The normalized spacial score (nSPS) is 16.2. The molecule has 144 valence electrons. The van der Waals surface area contributed by atoms with Gasteiger partial charge in [0.05, 0.1) is 4.90 Å². The zero-order chi connectivity index (χ0) is 19.3. The number of nitrogens with one attached hydrogen (secondary N) is 1. The van der Waals surface area contributed by atoms with Crippen LogP contribution < -0.4 is 5.32 Å². The van der Waals surface area contributed by atoms with Crippen LogP contribution in [0.1, 0.15) is 18.4 Å². The average Bonchev–Trinajstić information content (AvgIpc) is 2.69. The van der Waals surface area contributed by atoms with Crippen LogP contribution in [0.25, 0.3) is 0 Å². The van der Waals surface area contributed by atoms with E-state index in [2.05, 4.69) is 21.2 Å². The zero-order valence-corrected chi connectivity index (χ0v) is 17.4. The highest BCUT2D eigenvalue weighted by Crippen LogP contribution is 2.25. The third-order valence-corrected chi connectivity index (χ3v) is 7.27. The molecule has 7 heteroatoms. The van der Waals surface area contributed by atoms with Gasteiger partial charge in [0.15, 0.2) is 0 Å². The molecule has 1 saturated heterocycles. The number of carbonyl (C=O) groups is 1. The second-order valence-corrected chi connectivity index (χ2v) is 9.51. The second-order valence-electron chi connectivity index (χ2n) is 6.66. The summed E-state index contributed by atoms with van der Waals surface area (Å²) >= 11 is 3.31. The van der Waals surface area contributed by atoms with Crippen LogP contribution in [0, 0.1) is 5.92 Å². The van der Waals surface area contributed by atoms with Crippen molar-refractivity contribution in [3.05, 3.63) is 64.6 Å². The van der Waals surface area contributed by atoms with Gasteiger partial charge in [-0.05, 0) is 49.1 Å². The Morgan fingerprint density at radius 2 is 1.67 bits per heavy atom. The van der Waals surface area contributed by atoms with Gasteiger partial charge in [0.25, 0.3) is 0 Å². The number of sulfonamides is 1. The smallest absolute Gasteiger partial charge is 0.243 e. The van der Waals surface area contributed by atoms with Gasteiger partial charge < -0.3 is 5.32 Å². The largest absolute Gasteiger partial charge is 0.356 e. The first kappa shape index (κ1) is 20.0. The van der Waals surface area contributed by atoms with E-state index in [0.717, 1.165) is 10.9 Å². The molecule has 2 aromatic rings. The predicted molar refractivity (Wildman–Crippen MR) is 109 cm³/mol. The van der Waals surface area contributed by atoms with Gasteiger partial charge in [-0.3, -0.25) is 4.79 Å². The van der Waals surface area contributed by atoms with Gasteiger partial charge in [0.1, 0.15) is 0 Å². The maximum absolute atomic E-state index is 12.7. The molecular formula is C20H23BrN2O3S. The summed E-state index contributed by atoms with van der Waals surface area (Å²) < 4.78 is 27.7. The lowest BCUT2D eigenvalue weighted by molar-refractivity contribution is -0.126. The molecule has 2 aromatic carbocycles. The summed E-state index contributed by atoms with van der Waals surface area (Å²) in [6.45, 7) is 1.34. The van der Waals surface area contributed by atoms with E-state index in [1.54, 1.807) is 24.3 Å². The van der Waals surface area contributed by atoms with Gasteiger partial charge in [0.2, 0.25) is 15.9 Å². The number of hydrogen-bond donors (Lipinski definition) is 1. The molecule has 1 N–H and O–H groups in total. The number of piperidine rings is 1. The zero-order valence-electron chi connectivity index (χ0n) is 15.0. The van der Waals surface area contributed by atoms with E-state index in [4.69, 9.17) is 0 Å². The van der Waals surface area contributed by atoms with Crippen LogP contribution in [0.15, 0.2) is 64.0 Å². The van der Waals surface area contributed by atoms with Crippen LogP contribution in [-0.4, -0.2) is 38.3 Å². The summed E-state index contributed by atoms with van der Waals surface area (Å²) in [6, 6.07) is 16.7. The fourth-order valence-corrected chi connectivity index (χ4v) is 4.97. The van der Waals surface area contributed by atoms with E-state index < -0.39 is 10.0 Å². The standard InChI is InChI=1S/C20H23BrN2O3S/c21-18-6-8-19(9-7-18)27(25,26)23-14-11-17(12-15-23)20(24)22-13-10-16-4-2-1-3-5-16/h1-9,17H,10-15H2,(H,22,24). The molecule has 0 aliphatic carbocycles. The number of hydrogen-bond acceptors (Lipinski definition) is 3. The van der Waals surface area contributed by atoms with Crippen LogP contribution in [-0.2, 0) is 21.2 Å². The quantitative estimate of drug-likeness (QED) is 0.734. The van der Waals surface area contributed by atoms with Crippen LogP contribution in [0.5, 0.6) is 0 Å². The van der Waals surface area contributed by atoms with E-state index in [-0.39, 0.29) is 16.7 Å². The molecule has 1 heterocycles. The summed E-state index contributed by atoms with van der Waals surface area (Å²) in [4.78, 5) is 12.7. The molecule has 1 aliphatic heterocycles. The van der Waals surface area contributed by atoms with Gasteiger partial charge >= 0.3 is 0 Å². The summed E-state index contributed by atoms with van der Waals surface area (Å²) in [5.74, 6) is -0.108. The van der Waals surface area contributed by atoms with E-state index in [1.807, 2.05) is 30.3 Å². The first-order valence-corrected chi connectivity index (χ1v) is 11.3. The number of carbonyl (C=O) groups excluding carboxylic acids is 1. The van der Waals surface area contributed by atoms with Crippen molar-refractivity contribution in [3.63, 3.8) is 0 Å². The topological polar surface area (TPSA) is 66.5 Å². The Morgan fingerprint density at radius 3 is 2.30 bits per heavy atom. The third-order valence-electron chi connectivity index (χ3n) is 4.83. The van der Waals surface area contributed by atoms with Crippen molar-refractivity contribution < 1.29 is 13.2 Å². The van der Waals surface area contributed by atoms with Gasteiger partial charge in [-0.15, -0.1) is 0 Å². The summed E-state index contributed by atoms with van der Waals surface area (Å²) in [7, 11) is -3.50. The lowest BCUT2D eigenvalue weighted by atomic mass is 9.97. The molecule has 0 spiro atoms. The number of rotatable bonds is 6. The Bertz CT molecular complexity index is 862. The molecule has 3 rings (SSSR count). The minimum atomic E-state index is -3.50. The van der Waals surface area contributed by atoms with E-state index in [9.17, 15) is 13.2 Å². The van der Waals surface area contributed by atoms with Crippen molar-refractivity contribution in [2.24, 2.45) is 5.92 Å². The number of nitrogens with zero attached hydrogens (tertiary/aromatic N) is 1. The molecule has 0 radical (unpaired) electrons. The summed E-state index contributed by atoms with van der Waals surface area (Å²) in [6.07, 6.45) is 1.89. The van der Waals surface area contributed by atoms with Crippen molar-refractivity contribution in [2.45, 2.75) is 24.2 Å². The minimum Gasteiger partial charge on any atom is -0.356 e. The van der Waals surface area contributed by atoms with E-state index in [0.29, 0.717) is 32.5 Å². The fourth-order valence-electron chi connectivity index (χ4n) is 3.23. The van der Waals surface area contributed by atoms with Gasteiger partial charge in [-0.1, -0.05) is 46.3 Å². The fraction of sp³-hybridized carbons (Fsp3) is 0.350. The Morgan fingerprint density at radius 1 is 1.04 bits per heavy atom. The molecule has 0 aromatic heterocycles. The minimum absolute atomic E-state index is 0.0200. The molecule has 0 unspecified atom stereocenters. The lowest BCUT2D eigenvalue weighted by Crippen LogP contribution is -2.43. The van der Waals surface area contributed by atoms with Crippen LogP contribution in [0.2, 0.25) is 0 Å². The van der Waals surface area contributed by atoms with Crippen molar-refractivity contribution in [2.75, 3.05) is 19.6 Å². The number of benzene rings is 2. The molecule has 0 saturated carbocycles. The highest BCUT2D eigenvalue weighted by Gasteiger charge is 2.31. The van der Waals surface area contributed by atoms with Crippen molar-refractivity contribution in [3.8, 4) is 0 Å². The molecule has 1 fully saturated rings. The second kappa shape index (κ2) is 8.99. The molecule has 5 nitrogen and oxygen atoms in total. The number of halogens is 1. The van der Waals surface area contributed by atoms with Crippen LogP contribution >= 0.6 is 15.9 Å². The van der Waals surface area contributed by atoms with Gasteiger partial charge in [0, 0.05) is 30.0 Å². The first-order chi connectivity index (χ1) is 13.0. The van der Waals surface area contributed by atoms with Crippen molar-refractivity contribution in [1.82, 2.24) is 9.62 Å². The Kier molecular flexibility index (Phi) is 6.68. The average molecular weight is 451 g/mol. The van der Waals surface area contributed by atoms with Crippen molar-refractivity contribution >= 4 is 31.9 Å². The third kappa shape index (κ3) is 5.18. The van der Waals surface area contributed by atoms with E-state index in [1.165, 1.54) is 9.87 Å². The lowest BCUT2D eigenvalue weighted by Gasteiger charge is -2.30. The highest BCUT2D eigenvalue weighted by molar-refractivity contribution is 9.10. The molecular weight excluding hydrogens is 428 g/mol. The van der Waals surface area contributed by atoms with Crippen LogP contribution in [0.3, 0.4) is 0 Å². The SMILES string of the molecule is O=C(NCCc1ccccc1)C1CCN(S(=O)(=O)c2ccc(Br)cc2)CC1. The molecule has 27 heavy (non-hydrogen) atoms. The Labute approximate surface area is 169 Å². The highest BCUT2D eigenvalue weighted by atomic mass is 79.9. The van der Waals surface area contributed by atoms with E-state index >= 15 is 0 Å². The predicted octanol–water partition coefficient (Wildman–Crippen LogP) is 3.21. The Hall–Kier alpha value is -1.70. The Balaban J connectivity index is 1.49. The van der Waals surface area contributed by atoms with Crippen molar-refractivity contribution in [1.29, 1.82) is 0 Å². The summed E-state index contributed by atoms with van der Waals surface area (Å²) in [5, 5.41) is 2.98. The van der Waals surface area contributed by atoms with Gasteiger partial charge in [-0.25, -0.2) is 8.42 Å². The molecule has 0 bridgehead atoms. The first-order valence-electron chi connectivity index (χ1n) is 9.04. The number of amides is 1. The maximum atomic E-state index is 12.7. The van der Waals surface area contributed by atoms with Crippen LogP contribution in [0.4, 0.5) is 0 Å². The summed E-state index contributed by atoms with van der Waals surface area (Å²) in [5.41, 5.74) is 1.19. The molecule has 1 aliphatic rings. The van der Waals surface area contributed by atoms with Gasteiger partial charge in [-0.2, -0.15) is 4.31 Å². The molecule has 0 atom stereocenters. The monoisotopic (exact) mass is 450 g/mol.